The van der Waals surface area contributed by atoms with E-state index in [-0.39, 0.29) is 5.69 Å². The highest BCUT2D eigenvalue weighted by Gasteiger charge is 2.30. The Morgan fingerprint density at radius 3 is 2.67 bits per heavy atom. The zero-order chi connectivity index (χ0) is 15.0. The second kappa shape index (κ2) is 4.76. The summed E-state index contributed by atoms with van der Waals surface area (Å²) >= 11 is 0. The number of methoxy groups -OCH3 is 1. The fourth-order valence-corrected chi connectivity index (χ4v) is 2.07. The van der Waals surface area contributed by atoms with Crippen molar-refractivity contribution >= 4 is 11.0 Å². The zero-order valence-electron chi connectivity index (χ0n) is 10.9. The van der Waals surface area contributed by atoms with E-state index in [1.807, 2.05) is 0 Å². The third-order valence-electron chi connectivity index (χ3n) is 3.02. The lowest BCUT2D eigenvalue weighted by atomic mass is 10.2. The van der Waals surface area contributed by atoms with Crippen molar-refractivity contribution < 1.29 is 17.9 Å². The van der Waals surface area contributed by atoms with Crippen molar-refractivity contribution in [1.82, 2.24) is 14.8 Å². The molecule has 0 bridgehead atoms. The van der Waals surface area contributed by atoms with Crippen molar-refractivity contribution in [1.29, 1.82) is 0 Å². The van der Waals surface area contributed by atoms with Crippen LogP contribution in [0.3, 0.4) is 0 Å². The van der Waals surface area contributed by atoms with Crippen LogP contribution in [0.5, 0.6) is 5.88 Å². The molecule has 0 unspecified atom stereocenters. The van der Waals surface area contributed by atoms with E-state index in [0.717, 1.165) is 12.1 Å². The maximum Gasteiger partial charge on any atom is 0.416 e. The third-order valence-corrected chi connectivity index (χ3v) is 3.02. The minimum absolute atomic E-state index is 0.275. The van der Waals surface area contributed by atoms with Gasteiger partial charge in [-0.1, -0.05) is 6.07 Å². The molecule has 0 atom stereocenters. The highest BCUT2D eigenvalue weighted by molar-refractivity contribution is 5.82. The van der Waals surface area contributed by atoms with Crippen LogP contribution in [0, 0.1) is 0 Å². The van der Waals surface area contributed by atoms with Gasteiger partial charge in [0.1, 0.15) is 0 Å². The van der Waals surface area contributed by atoms with Crippen molar-refractivity contribution in [2.45, 2.75) is 6.18 Å². The van der Waals surface area contributed by atoms with Gasteiger partial charge in [0.15, 0.2) is 5.65 Å². The molecule has 2 aromatic heterocycles. The quantitative estimate of drug-likeness (QED) is 0.726. The first-order chi connectivity index (χ1) is 10.0. The molecule has 0 aliphatic rings. The van der Waals surface area contributed by atoms with E-state index in [1.54, 1.807) is 18.3 Å². The highest BCUT2D eigenvalue weighted by Crippen LogP contribution is 2.31. The maximum absolute atomic E-state index is 12.8. The van der Waals surface area contributed by atoms with Crippen LogP contribution in [0.2, 0.25) is 0 Å². The van der Waals surface area contributed by atoms with Gasteiger partial charge in [-0.05, 0) is 30.3 Å². The molecule has 0 saturated heterocycles. The second-order valence-electron chi connectivity index (χ2n) is 4.34. The normalized spacial score (nSPS) is 11.8. The first-order valence-corrected chi connectivity index (χ1v) is 6.06. The molecule has 7 heteroatoms. The minimum Gasteiger partial charge on any atom is -0.479 e. The highest BCUT2D eigenvalue weighted by atomic mass is 19.4. The van der Waals surface area contributed by atoms with Gasteiger partial charge in [0.2, 0.25) is 5.88 Å². The average molecular weight is 293 g/mol. The summed E-state index contributed by atoms with van der Waals surface area (Å²) in [6.45, 7) is 0. The molecule has 108 valence electrons. The molecule has 4 nitrogen and oxygen atoms in total. The fourth-order valence-electron chi connectivity index (χ4n) is 2.07. The Labute approximate surface area is 117 Å². The van der Waals surface area contributed by atoms with Crippen LogP contribution in [0.1, 0.15) is 5.56 Å². The summed E-state index contributed by atoms with van der Waals surface area (Å²) in [5.41, 5.74) is -0.0240. The predicted molar refractivity (Wildman–Crippen MR) is 70.4 cm³/mol. The van der Waals surface area contributed by atoms with Crippen LogP contribution < -0.4 is 4.74 Å². The fraction of sp³-hybridized carbons (Fsp3) is 0.143. The largest absolute Gasteiger partial charge is 0.479 e. The molecule has 0 radical (unpaired) electrons. The topological polar surface area (TPSA) is 39.9 Å². The van der Waals surface area contributed by atoms with Gasteiger partial charge < -0.3 is 4.74 Å². The number of rotatable bonds is 2. The molecule has 3 rings (SSSR count). The van der Waals surface area contributed by atoms with Crippen molar-refractivity contribution in [3.8, 4) is 11.6 Å². The number of pyridine rings is 1. The van der Waals surface area contributed by atoms with E-state index < -0.39 is 11.7 Å². The average Bonchev–Trinajstić information content (AvgIpc) is 2.85. The van der Waals surface area contributed by atoms with Gasteiger partial charge in [0.25, 0.3) is 0 Å². The third kappa shape index (κ3) is 2.31. The Balaban J connectivity index is 2.21. The van der Waals surface area contributed by atoms with Crippen LogP contribution in [-0.4, -0.2) is 21.9 Å². The van der Waals surface area contributed by atoms with Crippen LogP contribution in [0.4, 0.5) is 13.2 Å². The lowest BCUT2D eigenvalue weighted by Gasteiger charge is -2.08. The van der Waals surface area contributed by atoms with Crippen molar-refractivity contribution in [3.63, 3.8) is 0 Å². The molecule has 2 heterocycles. The Bertz CT molecular complexity index is 796. The van der Waals surface area contributed by atoms with Crippen molar-refractivity contribution in [2.24, 2.45) is 0 Å². The number of hydrogen-bond donors (Lipinski definition) is 0. The Morgan fingerprint density at radius 2 is 1.95 bits per heavy atom. The van der Waals surface area contributed by atoms with Gasteiger partial charge in [-0.15, -0.1) is 5.10 Å². The molecular formula is C14H10F3N3O. The van der Waals surface area contributed by atoms with E-state index in [4.69, 9.17) is 4.74 Å². The summed E-state index contributed by atoms with van der Waals surface area (Å²) in [6, 6.07) is 8.37. The summed E-state index contributed by atoms with van der Waals surface area (Å²) in [6.07, 6.45) is -2.86. The molecule has 0 aliphatic heterocycles. The van der Waals surface area contributed by atoms with E-state index in [0.29, 0.717) is 16.9 Å². The van der Waals surface area contributed by atoms with Crippen molar-refractivity contribution in [2.75, 3.05) is 7.11 Å². The predicted octanol–water partition coefficient (Wildman–Crippen LogP) is 3.45. The molecule has 0 fully saturated rings. The van der Waals surface area contributed by atoms with Crippen LogP contribution in [-0.2, 0) is 6.18 Å². The minimum atomic E-state index is -4.41. The summed E-state index contributed by atoms with van der Waals surface area (Å²) in [5.74, 6) is 0.315. The van der Waals surface area contributed by atoms with Gasteiger partial charge in [-0.3, -0.25) is 0 Å². The molecule has 0 saturated carbocycles. The monoisotopic (exact) mass is 293 g/mol. The van der Waals surface area contributed by atoms with Crippen LogP contribution >= 0.6 is 0 Å². The van der Waals surface area contributed by atoms with Gasteiger partial charge in [0.05, 0.1) is 23.7 Å². The maximum atomic E-state index is 12.8. The zero-order valence-corrected chi connectivity index (χ0v) is 10.9. The number of nitrogens with zero attached hydrogens (tertiary/aromatic N) is 3. The Hall–Kier alpha value is -2.57. The lowest BCUT2D eigenvalue weighted by Crippen LogP contribution is -2.06. The summed E-state index contributed by atoms with van der Waals surface area (Å²) in [7, 11) is 1.45. The van der Waals surface area contributed by atoms with E-state index >= 15 is 0 Å². The Kier molecular flexibility index (Phi) is 3.04. The van der Waals surface area contributed by atoms with Gasteiger partial charge in [0, 0.05) is 6.20 Å². The summed E-state index contributed by atoms with van der Waals surface area (Å²) in [5, 5.41) is 4.80. The molecule has 0 N–H and O–H groups in total. The first kappa shape index (κ1) is 13.4. The van der Waals surface area contributed by atoms with Crippen molar-refractivity contribution in [3.05, 3.63) is 48.2 Å². The van der Waals surface area contributed by atoms with E-state index in [2.05, 4.69) is 10.1 Å². The van der Waals surface area contributed by atoms with E-state index in [1.165, 1.54) is 23.9 Å². The molecule has 0 spiro atoms. The molecule has 0 aliphatic carbocycles. The van der Waals surface area contributed by atoms with Gasteiger partial charge in [-0.25, -0.2) is 9.67 Å². The number of fused-ring (bicyclic) bond motifs is 1. The molecular weight excluding hydrogens is 283 g/mol. The first-order valence-electron chi connectivity index (χ1n) is 6.06. The number of aromatic nitrogens is 3. The second-order valence-corrected chi connectivity index (χ2v) is 4.34. The standard InChI is InChI=1S/C14H10F3N3O/c1-21-13-11-6-3-7-18-12(11)20(19-13)10-5-2-4-9(8-10)14(15,16)17/h2-8H,1H3. The lowest BCUT2D eigenvalue weighted by molar-refractivity contribution is -0.137. The molecule has 3 aromatic rings. The molecule has 0 amide bonds. The number of halogens is 3. The number of ether oxygens (including phenoxy) is 1. The summed E-state index contributed by atoms with van der Waals surface area (Å²) < 4.78 is 44.9. The van der Waals surface area contributed by atoms with E-state index in [9.17, 15) is 13.2 Å². The molecule has 21 heavy (non-hydrogen) atoms. The number of hydrogen-bond acceptors (Lipinski definition) is 3. The van der Waals surface area contributed by atoms with Gasteiger partial charge in [-0.2, -0.15) is 13.2 Å². The van der Waals surface area contributed by atoms with Crippen LogP contribution in [0.15, 0.2) is 42.6 Å². The Morgan fingerprint density at radius 1 is 1.14 bits per heavy atom. The molecule has 1 aromatic carbocycles. The van der Waals surface area contributed by atoms with Crippen LogP contribution in [0.25, 0.3) is 16.7 Å². The number of alkyl halides is 3. The smallest absolute Gasteiger partial charge is 0.416 e. The van der Waals surface area contributed by atoms with Gasteiger partial charge >= 0.3 is 6.18 Å². The SMILES string of the molecule is COc1nn(-c2cccc(C(F)(F)F)c2)c2ncccc12. The number of benzene rings is 1. The summed E-state index contributed by atoms with van der Waals surface area (Å²) in [4.78, 5) is 4.16.